The quantitative estimate of drug-likeness (QED) is 0.672. The highest BCUT2D eigenvalue weighted by Gasteiger charge is 2.27. The maximum atomic E-state index is 11.6. The van der Waals surface area contributed by atoms with Crippen LogP contribution in [-0.4, -0.2) is 48.8 Å². The minimum Gasteiger partial charge on any atom is -0.334 e. The third kappa shape index (κ3) is 5.58. The molecule has 0 atom stereocenters. The number of hydrogen-bond acceptors (Lipinski definition) is 6. The third-order valence-electron chi connectivity index (χ3n) is 6.26. The Bertz CT molecular complexity index is 884. The molecule has 29 heavy (non-hydrogen) atoms. The second kappa shape index (κ2) is 9.58. The fourth-order valence-electron chi connectivity index (χ4n) is 4.53. The molecule has 1 aliphatic carbocycles. The summed E-state index contributed by atoms with van der Waals surface area (Å²) in [5.41, 5.74) is 0.746. The monoisotopic (exact) mass is 439 g/mol. The van der Waals surface area contributed by atoms with E-state index in [4.69, 9.17) is 4.52 Å². The molecular weight excluding hydrogens is 410 g/mol. The average molecular weight is 440 g/mol. The maximum Gasteiger partial charge on any atom is 0.257 e. The summed E-state index contributed by atoms with van der Waals surface area (Å²) < 4.78 is 28.5. The fourth-order valence-corrected chi connectivity index (χ4v) is 5.16. The van der Waals surface area contributed by atoms with Crippen molar-refractivity contribution in [2.75, 3.05) is 19.3 Å². The lowest BCUT2D eigenvalue weighted by molar-refractivity contribution is 0.131. The molecule has 0 bridgehead atoms. The van der Waals surface area contributed by atoms with Gasteiger partial charge in [-0.15, -0.1) is 12.4 Å². The number of aryl methyl sites for hydroxylation is 1. The van der Waals surface area contributed by atoms with Crippen LogP contribution in [0, 0.1) is 5.92 Å². The summed E-state index contributed by atoms with van der Waals surface area (Å²) >= 11 is 0. The number of nitrogens with zero attached hydrogens (tertiary/aromatic N) is 3. The van der Waals surface area contributed by atoms with E-state index in [1.54, 1.807) is 24.3 Å². The largest absolute Gasteiger partial charge is 0.334 e. The number of likely N-dealkylation sites (tertiary alicyclic amines) is 1. The Morgan fingerprint density at radius 1 is 1.07 bits per heavy atom. The van der Waals surface area contributed by atoms with Gasteiger partial charge in [0.15, 0.2) is 15.7 Å². The third-order valence-corrected chi connectivity index (χ3v) is 7.39. The molecule has 2 heterocycles. The summed E-state index contributed by atoms with van der Waals surface area (Å²) in [6.07, 6.45) is 11.3. The van der Waals surface area contributed by atoms with Crippen molar-refractivity contribution in [3.63, 3.8) is 0 Å². The van der Waals surface area contributed by atoms with Crippen LogP contribution in [0.3, 0.4) is 0 Å². The van der Waals surface area contributed by atoms with E-state index in [2.05, 4.69) is 15.0 Å². The van der Waals surface area contributed by atoms with Gasteiger partial charge in [-0.2, -0.15) is 4.98 Å². The molecule has 6 nitrogen and oxygen atoms in total. The fraction of sp³-hybridized carbons (Fsp3) is 0.619. The van der Waals surface area contributed by atoms with Crippen molar-refractivity contribution >= 4 is 22.2 Å². The molecule has 1 saturated carbocycles. The summed E-state index contributed by atoms with van der Waals surface area (Å²) in [6.45, 7) is 2.47. The van der Waals surface area contributed by atoms with Crippen LogP contribution in [0.15, 0.2) is 33.7 Å². The van der Waals surface area contributed by atoms with Gasteiger partial charge in [0.25, 0.3) is 5.89 Å². The predicted molar refractivity (Wildman–Crippen MR) is 115 cm³/mol. The van der Waals surface area contributed by atoms with Gasteiger partial charge >= 0.3 is 0 Å². The minimum absolute atomic E-state index is 0. The summed E-state index contributed by atoms with van der Waals surface area (Å²) in [5.74, 6) is 1.93. The van der Waals surface area contributed by atoms with Crippen LogP contribution in [0.25, 0.3) is 11.5 Å². The van der Waals surface area contributed by atoms with Crippen molar-refractivity contribution in [2.45, 2.75) is 62.3 Å². The summed E-state index contributed by atoms with van der Waals surface area (Å²) in [4.78, 5) is 7.49. The number of piperidine rings is 1. The molecule has 4 rings (SSSR count). The molecule has 0 unspecified atom stereocenters. The molecule has 2 aromatic rings. The van der Waals surface area contributed by atoms with Crippen molar-refractivity contribution in [1.82, 2.24) is 15.0 Å². The van der Waals surface area contributed by atoms with Crippen LogP contribution < -0.4 is 0 Å². The molecule has 0 radical (unpaired) electrons. The van der Waals surface area contributed by atoms with E-state index in [1.807, 2.05) is 0 Å². The van der Waals surface area contributed by atoms with Crippen molar-refractivity contribution in [3.8, 4) is 11.5 Å². The lowest BCUT2D eigenvalue weighted by Crippen LogP contribution is -2.40. The Morgan fingerprint density at radius 3 is 2.34 bits per heavy atom. The van der Waals surface area contributed by atoms with Gasteiger partial charge in [-0.1, -0.05) is 18.0 Å². The van der Waals surface area contributed by atoms with Crippen LogP contribution >= 0.6 is 12.4 Å². The van der Waals surface area contributed by atoms with Gasteiger partial charge < -0.3 is 9.42 Å². The van der Waals surface area contributed by atoms with Gasteiger partial charge in [-0.05, 0) is 75.4 Å². The Hall–Kier alpha value is -1.44. The van der Waals surface area contributed by atoms with Gasteiger partial charge in [0, 0.05) is 24.3 Å². The zero-order valence-electron chi connectivity index (χ0n) is 16.9. The number of rotatable bonds is 6. The summed E-state index contributed by atoms with van der Waals surface area (Å²) in [6, 6.07) is 7.42. The number of sulfone groups is 1. The lowest BCUT2D eigenvalue weighted by Gasteiger charge is -2.36. The van der Waals surface area contributed by atoms with Gasteiger partial charge in [0.2, 0.25) is 0 Å². The van der Waals surface area contributed by atoms with E-state index in [0.29, 0.717) is 10.8 Å². The zero-order chi connectivity index (χ0) is 19.6. The molecule has 160 valence electrons. The highest BCUT2D eigenvalue weighted by atomic mass is 35.5. The molecular formula is C21H30ClN3O3S. The van der Waals surface area contributed by atoms with E-state index in [9.17, 15) is 8.42 Å². The van der Waals surface area contributed by atoms with Crippen LogP contribution in [-0.2, 0) is 16.3 Å². The molecule has 2 aliphatic rings. The molecule has 0 spiro atoms. The Labute approximate surface area is 179 Å². The number of benzene rings is 1. The SMILES string of the molecule is CS(=O)(=O)c1ccc(-c2nc(CCC3CCN(C4CCCC4)CC3)no2)cc1.Cl. The first kappa shape index (κ1) is 22.2. The first-order chi connectivity index (χ1) is 13.5. The van der Waals surface area contributed by atoms with Crippen molar-refractivity contribution < 1.29 is 12.9 Å². The van der Waals surface area contributed by atoms with Crippen molar-refractivity contribution in [2.24, 2.45) is 5.92 Å². The molecule has 1 aromatic heterocycles. The number of aromatic nitrogens is 2. The Morgan fingerprint density at radius 2 is 1.72 bits per heavy atom. The van der Waals surface area contributed by atoms with E-state index in [0.717, 1.165) is 36.2 Å². The van der Waals surface area contributed by atoms with Gasteiger partial charge in [0.05, 0.1) is 4.90 Å². The summed E-state index contributed by atoms with van der Waals surface area (Å²) in [5, 5.41) is 4.11. The van der Waals surface area contributed by atoms with Crippen LogP contribution in [0.1, 0.15) is 50.8 Å². The minimum atomic E-state index is -3.20. The lowest BCUT2D eigenvalue weighted by atomic mass is 9.91. The molecule has 1 aromatic carbocycles. The molecule has 1 aliphatic heterocycles. The maximum absolute atomic E-state index is 11.6. The highest BCUT2D eigenvalue weighted by molar-refractivity contribution is 7.90. The van der Waals surface area contributed by atoms with E-state index >= 15 is 0 Å². The van der Waals surface area contributed by atoms with Crippen molar-refractivity contribution in [3.05, 3.63) is 30.1 Å². The van der Waals surface area contributed by atoms with E-state index in [-0.39, 0.29) is 12.4 Å². The van der Waals surface area contributed by atoms with Crippen LogP contribution in [0.4, 0.5) is 0 Å². The van der Waals surface area contributed by atoms with Crippen LogP contribution in [0.5, 0.6) is 0 Å². The highest BCUT2D eigenvalue weighted by Crippen LogP contribution is 2.29. The molecule has 8 heteroatoms. The van der Waals surface area contributed by atoms with E-state index < -0.39 is 9.84 Å². The number of halogens is 1. The van der Waals surface area contributed by atoms with Gasteiger partial charge in [-0.3, -0.25) is 0 Å². The van der Waals surface area contributed by atoms with E-state index in [1.165, 1.54) is 57.9 Å². The second-order valence-electron chi connectivity index (χ2n) is 8.27. The van der Waals surface area contributed by atoms with Gasteiger partial charge in [0.1, 0.15) is 0 Å². The van der Waals surface area contributed by atoms with Gasteiger partial charge in [-0.25, -0.2) is 8.42 Å². The first-order valence-corrected chi connectivity index (χ1v) is 12.3. The van der Waals surface area contributed by atoms with Crippen LogP contribution in [0.2, 0.25) is 0 Å². The normalized spacial score (nSPS) is 19.3. The molecule has 2 fully saturated rings. The summed E-state index contributed by atoms with van der Waals surface area (Å²) in [7, 11) is -3.20. The standard InChI is InChI=1S/C21H29N3O3S.ClH/c1-28(25,26)19-9-7-17(8-10-19)21-22-20(23-27-21)11-6-16-12-14-24(15-13-16)18-4-2-3-5-18;/h7-10,16,18H,2-6,11-15H2,1H3;1H. The molecule has 0 amide bonds. The molecule has 0 N–H and O–H groups in total. The Kier molecular flexibility index (Phi) is 7.35. The van der Waals surface area contributed by atoms with Crippen molar-refractivity contribution in [1.29, 1.82) is 0 Å². The predicted octanol–water partition coefficient (Wildman–Crippen LogP) is 4.15. The topological polar surface area (TPSA) is 76.3 Å². The Balaban J connectivity index is 0.00000240. The zero-order valence-corrected chi connectivity index (χ0v) is 18.6. The average Bonchev–Trinajstić information content (AvgIpc) is 3.38. The second-order valence-corrected chi connectivity index (χ2v) is 10.3. The first-order valence-electron chi connectivity index (χ1n) is 10.4. The smallest absolute Gasteiger partial charge is 0.257 e. The number of hydrogen-bond donors (Lipinski definition) is 0. The molecule has 1 saturated heterocycles.